The Bertz CT molecular complexity index is 362. The Morgan fingerprint density at radius 1 is 1.25 bits per heavy atom. The molecule has 2 fully saturated rings. The van der Waals surface area contributed by atoms with Gasteiger partial charge in [0.1, 0.15) is 0 Å². The third-order valence-electron chi connectivity index (χ3n) is 3.04. The lowest BCUT2D eigenvalue weighted by Crippen LogP contribution is -2.37. The molecule has 2 aliphatic rings. The Balaban J connectivity index is 1.61. The van der Waals surface area contributed by atoms with Crippen molar-refractivity contribution in [3.05, 3.63) is 0 Å². The smallest absolute Gasteiger partial charge is 0.233 e. The van der Waals surface area contributed by atoms with E-state index < -0.39 is 9.84 Å². The van der Waals surface area contributed by atoms with Crippen molar-refractivity contribution in [2.24, 2.45) is 5.92 Å². The van der Waals surface area contributed by atoms with Gasteiger partial charge in [-0.15, -0.1) is 0 Å². The van der Waals surface area contributed by atoms with Crippen LogP contribution < -0.4 is 10.6 Å². The normalized spacial score (nSPS) is 27.9. The SMILES string of the molecule is O=C(CNC1CC1)NCC1CCS(=O)(=O)C1. The maximum absolute atomic E-state index is 11.4. The second-order valence-electron chi connectivity index (χ2n) is 4.73. The van der Waals surface area contributed by atoms with Crippen LogP contribution >= 0.6 is 0 Å². The van der Waals surface area contributed by atoms with Gasteiger partial charge >= 0.3 is 0 Å². The molecule has 0 aromatic carbocycles. The first-order chi connectivity index (χ1) is 7.55. The van der Waals surface area contributed by atoms with E-state index in [0.29, 0.717) is 25.6 Å². The highest BCUT2D eigenvalue weighted by Gasteiger charge is 2.28. The van der Waals surface area contributed by atoms with Crippen LogP contribution in [0.1, 0.15) is 19.3 Å². The lowest BCUT2D eigenvalue weighted by atomic mass is 10.1. The fourth-order valence-corrected chi connectivity index (χ4v) is 3.74. The molecule has 1 heterocycles. The second kappa shape index (κ2) is 4.71. The molecule has 1 unspecified atom stereocenters. The van der Waals surface area contributed by atoms with Crippen LogP contribution in [-0.4, -0.2) is 45.0 Å². The van der Waals surface area contributed by atoms with E-state index in [4.69, 9.17) is 0 Å². The van der Waals surface area contributed by atoms with Gasteiger partial charge in [0.05, 0.1) is 18.1 Å². The van der Waals surface area contributed by atoms with Crippen LogP contribution in [0.3, 0.4) is 0 Å². The summed E-state index contributed by atoms with van der Waals surface area (Å²) in [4.78, 5) is 11.4. The molecule has 0 aromatic heterocycles. The minimum Gasteiger partial charge on any atom is -0.355 e. The molecule has 6 heteroatoms. The lowest BCUT2D eigenvalue weighted by molar-refractivity contribution is -0.120. The summed E-state index contributed by atoms with van der Waals surface area (Å²) in [7, 11) is -2.83. The summed E-state index contributed by atoms with van der Waals surface area (Å²) in [6.07, 6.45) is 3.00. The quantitative estimate of drug-likeness (QED) is 0.672. The highest BCUT2D eigenvalue weighted by Crippen LogP contribution is 2.18. The van der Waals surface area contributed by atoms with E-state index in [2.05, 4.69) is 10.6 Å². The summed E-state index contributed by atoms with van der Waals surface area (Å²) >= 11 is 0. The van der Waals surface area contributed by atoms with Crippen LogP contribution in [0.25, 0.3) is 0 Å². The second-order valence-corrected chi connectivity index (χ2v) is 6.96. The molecular formula is C10H18N2O3S. The number of hydrogen-bond acceptors (Lipinski definition) is 4. The van der Waals surface area contributed by atoms with Gasteiger partial charge in [0, 0.05) is 12.6 Å². The Morgan fingerprint density at radius 2 is 2.00 bits per heavy atom. The molecule has 1 saturated carbocycles. The minimum atomic E-state index is -2.83. The van der Waals surface area contributed by atoms with Crippen molar-refractivity contribution >= 4 is 15.7 Å². The van der Waals surface area contributed by atoms with Gasteiger partial charge < -0.3 is 10.6 Å². The third-order valence-corrected chi connectivity index (χ3v) is 4.88. The summed E-state index contributed by atoms with van der Waals surface area (Å²) in [6, 6.07) is 0.526. The molecule has 0 radical (unpaired) electrons. The lowest BCUT2D eigenvalue weighted by Gasteiger charge is -2.09. The minimum absolute atomic E-state index is 0.0313. The van der Waals surface area contributed by atoms with E-state index in [1.54, 1.807) is 0 Å². The molecule has 92 valence electrons. The largest absolute Gasteiger partial charge is 0.355 e. The Labute approximate surface area is 95.9 Å². The van der Waals surface area contributed by atoms with Crippen molar-refractivity contribution in [2.75, 3.05) is 24.6 Å². The average molecular weight is 246 g/mol. The molecule has 0 bridgehead atoms. The molecule has 1 atom stereocenters. The molecule has 5 nitrogen and oxygen atoms in total. The maximum Gasteiger partial charge on any atom is 0.233 e. The number of nitrogens with one attached hydrogen (secondary N) is 2. The molecule has 1 aliphatic heterocycles. The van der Waals surface area contributed by atoms with E-state index in [9.17, 15) is 13.2 Å². The van der Waals surface area contributed by atoms with Gasteiger partial charge in [0.15, 0.2) is 9.84 Å². The van der Waals surface area contributed by atoms with Gasteiger partial charge in [0.2, 0.25) is 5.91 Å². The zero-order valence-corrected chi connectivity index (χ0v) is 10.1. The van der Waals surface area contributed by atoms with Gasteiger partial charge in [-0.25, -0.2) is 8.42 Å². The summed E-state index contributed by atoms with van der Waals surface area (Å²) in [5.41, 5.74) is 0. The van der Waals surface area contributed by atoms with Crippen molar-refractivity contribution < 1.29 is 13.2 Å². The molecule has 1 aliphatic carbocycles. The van der Waals surface area contributed by atoms with Crippen LogP contribution in [-0.2, 0) is 14.6 Å². The monoisotopic (exact) mass is 246 g/mol. The molecule has 2 N–H and O–H groups in total. The van der Waals surface area contributed by atoms with E-state index in [0.717, 1.165) is 12.8 Å². The van der Waals surface area contributed by atoms with E-state index in [1.165, 1.54) is 0 Å². The van der Waals surface area contributed by atoms with E-state index >= 15 is 0 Å². The number of sulfone groups is 1. The van der Waals surface area contributed by atoms with Crippen LogP contribution in [0, 0.1) is 5.92 Å². The first-order valence-corrected chi connectivity index (χ1v) is 7.58. The average Bonchev–Trinajstić information content (AvgIpc) is 2.97. The van der Waals surface area contributed by atoms with Crippen molar-refractivity contribution in [1.82, 2.24) is 10.6 Å². The van der Waals surface area contributed by atoms with E-state index in [1.807, 2.05) is 0 Å². The first-order valence-electron chi connectivity index (χ1n) is 5.76. The first kappa shape index (κ1) is 11.9. The molecular weight excluding hydrogens is 228 g/mol. The van der Waals surface area contributed by atoms with Crippen LogP contribution in [0.15, 0.2) is 0 Å². The topological polar surface area (TPSA) is 75.3 Å². The van der Waals surface area contributed by atoms with Gasteiger partial charge in [0.25, 0.3) is 0 Å². The summed E-state index contributed by atoms with van der Waals surface area (Å²) in [6.45, 7) is 0.842. The number of amides is 1. The summed E-state index contributed by atoms with van der Waals surface area (Å²) < 4.78 is 22.4. The summed E-state index contributed by atoms with van der Waals surface area (Å²) in [5.74, 6) is 0.572. The van der Waals surface area contributed by atoms with Crippen molar-refractivity contribution in [3.8, 4) is 0 Å². The van der Waals surface area contributed by atoms with Crippen LogP contribution in [0.2, 0.25) is 0 Å². The molecule has 0 aromatic rings. The predicted octanol–water partition coefficient (Wildman–Crippen LogP) is -0.711. The Morgan fingerprint density at radius 3 is 2.56 bits per heavy atom. The van der Waals surface area contributed by atoms with E-state index in [-0.39, 0.29) is 23.3 Å². The van der Waals surface area contributed by atoms with Gasteiger partial charge in [-0.2, -0.15) is 0 Å². The van der Waals surface area contributed by atoms with Crippen molar-refractivity contribution in [1.29, 1.82) is 0 Å². The number of carbonyl (C=O) groups excluding carboxylic acids is 1. The van der Waals surface area contributed by atoms with Crippen LogP contribution in [0.4, 0.5) is 0 Å². The zero-order chi connectivity index (χ0) is 11.6. The van der Waals surface area contributed by atoms with Gasteiger partial charge in [-0.05, 0) is 25.2 Å². The standard InChI is InChI=1S/C10H18N2O3S/c13-10(6-11-9-1-2-9)12-5-8-3-4-16(14,15)7-8/h8-9,11H,1-7H2,(H,12,13). The molecule has 1 saturated heterocycles. The number of carbonyl (C=O) groups is 1. The fourth-order valence-electron chi connectivity index (χ4n) is 1.88. The predicted molar refractivity (Wildman–Crippen MR) is 60.8 cm³/mol. The fraction of sp³-hybridized carbons (Fsp3) is 0.900. The molecule has 16 heavy (non-hydrogen) atoms. The van der Waals surface area contributed by atoms with Crippen molar-refractivity contribution in [3.63, 3.8) is 0 Å². The zero-order valence-electron chi connectivity index (χ0n) is 9.24. The molecule has 1 amide bonds. The van der Waals surface area contributed by atoms with Gasteiger partial charge in [-0.3, -0.25) is 4.79 Å². The number of rotatable bonds is 5. The number of hydrogen-bond donors (Lipinski definition) is 2. The highest BCUT2D eigenvalue weighted by molar-refractivity contribution is 7.91. The maximum atomic E-state index is 11.4. The van der Waals surface area contributed by atoms with Crippen LogP contribution in [0.5, 0.6) is 0 Å². The third kappa shape index (κ3) is 3.75. The summed E-state index contributed by atoms with van der Waals surface area (Å²) in [5, 5.41) is 5.90. The molecule has 0 spiro atoms. The van der Waals surface area contributed by atoms with Crippen molar-refractivity contribution in [2.45, 2.75) is 25.3 Å². The Kier molecular flexibility index (Phi) is 3.49. The Hall–Kier alpha value is -0.620. The van der Waals surface area contributed by atoms with Gasteiger partial charge in [-0.1, -0.05) is 0 Å². The molecule has 2 rings (SSSR count). The highest BCUT2D eigenvalue weighted by atomic mass is 32.2.